The number of nitrogens with one attached hydrogen (secondary N) is 1. The molecule has 3 N–H and O–H groups in total. The topological polar surface area (TPSA) is 111 Å². The molecule has 1 aromatic carbocycles. The van der Waals surface area contributed by atoms with E-state index in [9.17, 15) is 28.2 Å². The minimum atomic E-state index is -1.36. The van der Waals surface area contributed by atoms with Gasteiger partial charge in [0.2, 0.25) is 0 Å². The number of halogens is 3. The van der Waals surface area contributed by atoms with Gasteiger partial charge in [-0.2, -0.15) is 0 Å². The quantitative estimate of drug-likeness (QED) is 0.639. The molecular formula is C22H22F3N5O3. The van der Waals surface area contributed by atoms with Crippen LogP contribution >= 0.6 is 0 Å². The Labute approximate surface area is 187 Å². The Morgan fingerprint density at radius 2 is 1.88 bits per heavy atom. The van der Waals surface area contributed by atoms with Crippen LogP contribution in [-0.4, -0.2) is 67.7 Å². The minimum absolute atomic E-state index is 0.0251. The van der Waals surface area contributed by atoms with E-state index in [1.54, 1.807) is 0 Å². The lowest BCUT2D eigenvalue weighted by Crippen LogP contribution is -2.38. The van der Waals surface area contributed by atoms with Crippen LogP contribution in [0.25, 0.3) is 0 Å². The Balaban J connectivity index is 1.45. The second-order valence-corrected chi connectivity index (χ2v) is 8.60. The molecule has 11 heteroatoms. The maximum Gasteiger partial charge on any atom is 0.273 e. The maximum absolute atomic E-state index is 14.4. The summed E-state index contributed by atoms with van der Waals surface area (Å²) in [6.45, 7) is -0.116. The molecule has 0 unspecified atom stereocenters. The van der Waals surface area contributed by atoms with Crippen molar-refractivity contribution in [2.24, 2.45) is 4.99 Å². The second-order valence-electron chi connectivity index (χ2n) is 8.60. The largest absolute Gasteiger partial charge is 0.390 e. The van der Waals surface area contributed by atoms with Crippen LogP contribution in [0, 0.1) is 11.6 Å². The lowest BCUT2D eigenvalue weighted by molar-refractivity contribution is -0.125. The fourth-order valence-corrected chi connectivity index (χ4v) is 4.83. The molecule has 5 atom stereocenters. The molecule has 0 radical (unpaired) electrons. The summed E-state index contributed by atoms with van der Waals surface area (Å²) in [5.74, 6) is -1.92. The van der Waals surface area contributed by atoms with E-state index in [1.807, 2.05) is 0 Å². The van der Waals surface area contributed by atoms with E-state index < -0.39 is 48.0 Å². The average Bonchev–Trinajstić information content (AvgIpc) is 3.46. The Bertz CT molecular complexity index is 1110. The summed E-state index contributed by atoms with van der Waals surface area (Å²) >= 11 is 0. The van der Waals surface area contributed by atoms with Gasteiger partial charge in [0.1, 0.15) is 35.7 Å². The maximum atomic E-state index is 14.4. The number of amides is 1. The van der Waals surface area contributed by atoms with Crippen LogP contribution in [0.5, 0.6) is 0 Å². The van der Waals surface area contributed by atoms with Crippen molar-refractivity contribution in [2.75, 3.05) is 11.9 Å². The molecule has 1 saturated heterocycles. The number of fused-ring (bicyclic) bond motifs is 1. The summed E-state index contributed by atoms with van der Waals surface area (Å²) in [4.78, 5) is 27.4. The van der Waals surface area contributed by atoms with E-state index in [-0.39, 0.29) is 36.6 Å². The molecule has 174 valence electrons. The van der Waals surface area contributed by atoms with E-state index in [0.717, 1.165) is 18.2 Å². The van der Waals surface area contributed by atoms with Crippen molar-refractivity contribution in [1.82, 2.24) is 14.9 Å². The van der Waals surface area contributed by atoms with E-state index in [0.29, 0.717) is 24.1 Å². The number of nitrogens with zero attached hydrogens (tertiary/aromatic N) is 4. The van der Waals surface area contributed by atoms with E-state index >= 15 is 0 Å². The molecule has 8 nitrogen and oxygen atoms in total. The van der Waals surface area contributed by atoms with Crippen LogP contribution < -0.4 is 5.32 Å². The lowest BCUT2D eigenvalue weighted by atomic mass is 10.0. The first-order chi connectivity index (χ1) is 15.8. The Morgan fingerprint density at radius 3 is 2.58 bits per heavy atom. The number of carbonyl (C=O) groups is 1. The fourth-order valence-electron chi connectivity index (χ4n) is 4.83. The number of carbonyl (C=O) groups excluding carboxylic acids is 1. The van der Waals surface area contributed by atoms with E-state index in [2.05, 4.69) is 20.3 Å². The summed E-state index contributed by atoms with van der Waals surface area (Å²) in [5.41, 5.74) is 1.04. The van der Waals surface area contributed by atoms with Crippen LogP contribution in [0.3, 0.4) is 0 Å². The highest BCUT2D eigenvalue weighted by atomic mass is 19.1. The van der Waals surface area contributed by atoms with Gasteiger partial charge < -0.3 is 20.4 Å². The van der Waals surface area contributed by atoms with Gasteiger partial charge in [-0.1, -0.05) is 0 Å². The third kappa shape index (κ3) is 3.95. The predicted octanol–water partition coefficient (Wildman–Crippen LogP) is 1.67. The van der Waals surface area contributed by atoms with E-state index in [4.69, 9.17) is 0 Å². The van der Waals surface area contributed by atoms with E-state index in [1.165, 1.54) is 11.2 Å². The molecule has 1 aromatic heterocycles. The average molecular weight is 461 g/mol. The van der Waals surface area contributed by atoms with Crippen molar-refractivity contribution in [3.63, 3.8) is 0 Å². The number of aliphatic hydroxyl groups excluding tert-OH is 2. The third-order valence-electron chi connectivity index (χ3n) is 6.43. The molecule has 2 aliphatic heterocycles. The van der Waals surface area contributed by atoms with Gasteiger partial charge in [-0.05, 0) is 30.5 Å². The van der Waals surface area contributed by atoms with Crippen molar-refractivity contribution in [3.05, 3.63) is 53.0 Å². The fraction of sp³-hybridized carbons (Fsp3) is 0.455. The smallest absolute Gasteiger partial charge is 0.273 e. The van der Waals surface area contributed by atoms with Crippen molar-refractivity contribution < 1.29 is 28.2 Å². The Hall–Kier alpha value is -3.05. The number of rotatable bonds is 4. The van der Waals surface area contributed by atoms with Gasteiger partial charge >= 0.3 is 0 Å². The first-order valence-electron chi connectivity index (χ1n) is 10.7. The Morgan fingerprint density at radius 1 is 1.12 bits per heavy atom. The van der Waals surface area contributed by atoms with Gasteiger partial charge in [-0.25, -0.2) is 23.1 Å². The lowest BCUT2D eigenvalue weighted by Gasteiger charge is -2.26. The number of aliphatic hydroxyl groups is 2. The number of alkyl halides is 1. The molecule has 2 aromatic rings. The number of anilines is 1. The molecule has 0 bridgehead atoms. The van der Waals surface area contributed by atoms with Gasteiger partial charge in [0.15, 0.2) is 0 Å². The summed E-state index contributed by atoms with van der Waals surface area (Å²) in [6, 6.07) is 1.59. The van der Waals surface area contributed by atoms with Gasteiger partial charge in [-0.3, -0.25) is 9.79 Å². The summed E-state index contributed by atoms with van der Waals surface area (Å²) in [6.07, 6.45) is -1.05. The van der Waals surface area contributed by atoms with Crippen LogP contribution in [0.1, 0.15) is 42.1 Å². The molecule has 3 heterocycles. The van der Waals surface area contributed by atoms with Gasteiger partial charge in [0.05, 0.1) is 48.6 Å². The molecule has 0 spiro atoms. The first-order valence-corrected chi connectivity index (χ1v) is 10.7. The summed E-state index contributed by atoms with van der Waals surface area (Å²) in [5, 5.41) is 23.1. The zero-order chi connectivity index (χ0) is 23.3. The molecule has 1 saturated carbocycles. The predicted molar refractivity (Wildman–Crippen MR) is 111 cm³/mol. The summed E-state index contributed by atoms with van der Waals surface area (Å²) in [7, 11) is 0. The normalized spacial score (nSPS) is 28.7. The van der Waals surface area contributed by atoms with Crippen LogP contribution in [-0.2, 0) is 11.3 Å². The standard InChI is InChI=1S/C22H22F3N5O3/c23-11-3-10(4-12(24)5-11)16-6-13(25)8-30(16)22(33)19-18-15(7-26-19)27-9-28-21(18)29-14-1-2-17(31)20(14)32/h3-5,9,13-14,16-17,20,31-32H,1-2,6-8H2,(H,27,28,29)/t13-,14+,16+,17+,20-/m0/s1. The molecular weight excluding hydrogens is 439 g/mol. The van der Waals surface area contributed by atoms with Crippen molar-refractivity contribution in [1.29, 1.82) is 0 Å². The highest BCUT2D eigenvalue weighted by Crippen LogP contribution is 2.36. The molecule has 1 amide bonds. The molecule has 2 fully saturated rings. The van der Waals surface area contributed by atoms with Gasteiger partial charge in [0, 0.05) is 12.5 Å². The van der Waals surface area contributed by atoms with Crippen molar-refractivity contribution >= 4 is 17.4 Å². The molecule has 1 aliphatic carbocycles. The van der Waals surface area contributed by atoms with Crippen molar-refractivity contribution in [2.45, 2.75) is 56.3 Å². The minimum Gasteiger partial charge on any atom is -0.390 e. The number of benzene rings is 1. The van der Waals surface area contributed by atoms with Gasteiger partial charge in [-0.15, -0.1) is 0 Å². The molecule has 5 rings (SSSR count). The molecule has 3 aliphatic rings. The third-order valence-corrected chi connectivity index (χ3v) is 6.43. The summed E-state index contributed by atoms with van der Waals surface area (Å²) < 4.78 is 41.9. The first kappa shape index (κ1) is 21.8. The monoisotopic (exact) mass is 461 g/mol. The number of likely N-dealkylation sites (tertiary alicyclic amines) is 1. The molecule has 33 heavy (non-hydrogen) atoms. The number of aliphatic imine (C=N–C) groups is 1. The number of hydrogen-bond donors (Lipinski definition) is 3. The van der Waals surface area contributed by atoms with Crippen molar-refractivity contribution in [3.8, 4) is 0 Å². The zero-order valence-electron chi connectivity index (χ0n) is 17.5. The highest BCUT2D eigenvalue weighted by Gasteiger charge is 2.41. The highest BCUT2D eigenvalue weighted by molar-refractivity contribution is 6.47. The second kappa shape index (κ2) is 8.38. The Kier molecular flexibility index (Phi) is 5.53. The van der Waals surface area contributed by atoms with Gasteiger partial charge in [0.25, 0.3) is 5.91 Å². The SMILES string of the molecule is O=C(C1=NCc2ncnc(N[C@@H]3CC[C@@H](O)[C@H]3O)c21)N1C[C@@H](F)C[C@@H]1c1cc(F)cc(F)c1. The van der Waals surface area contributed by atoms with Crippen LogP contribution in [0.2, 0.25) is 0 Å². The van der Waals surface area contributed by atoms with Crippen LogP contribution in [0.4, 0.5) is 19.0 Å². The number of aromatic nitrogens is 2. The van der Waals surface area contributed by atoms with Crippen LogP contribution in [0.15, 0.2) is 29.5 Å². The number of hydrogen-bond acceptors (Lipinski definition) is 7. The zero-order valence-corrected chi connectivity index (χ0v) is 17.5.